The summed E-state index contributed by atoms with van der Waals surface area (Å²) in [6, 6.07) is 19.9. The second-order valence-electron chi connectivity index (χ2n) is 7.02. The van der Waals surface area contributed by atoms with Crippen molar-refractivity contribution in [3.8, 4) is 5.75 Å². The van der Waals surface area contributed by atoms with Gasteiger partial charge in [-0.1, -0.05) is 57.9 Å². The molecule has 2 N–H and O–H groups in total. The molecule has 1 aliphatic heterocycles. The van der Waals surface area contributed by atoms with E-state index in [0.29, 0.717) is 6.42 Å². The molecule has 0 aliphatic carbocycles. The number of hydrogen-bond acceptors (Lipinski definition) is 3. The average Bonchev–Trinajstić information content (AvgIpc) is 2.70. The predicted molar refractivity (Wildman–Crippen MR) is 113 cm³/mol. The number of nitrogens with zero attached hydrogens (tertiary/aromatic N) is 1. The van der Waals surface area contributed by atoms with Crippen molar-refractivity contribution in [2.75, 3.05) is 0 Å². The molecule has 0 fully saturated rings. The molecule has 0 aromatic heterocycles. The summed E-state index contributed by atoms with van der Waals surface area (Å²) in [5.74, 6) is -0.0350. The highest BCUT2D eigenvalue weighted by molar-refractivity contribution is 9.10. The van der Waals surface area contributed by atoms with E-state index >= 15 is 0 Å². The van der Waals surface area contributed by atoms with Crippen LogP contribution in [0.15, 0.2) is 76.2 Å². The van der Waals surface area contributed by atoms with Gasteiger partial charge in [-0.15, -0.1) is 0 Å². The molecule has 0 saturated heterocycles. The van der Waals surface area contributed by atoms with E-state index in [1.54, 1.807) is 18.2 Å². The van der Waals surface area contributed by atoms with Gasteiger partial charge in [0.2, 0.25) is 0 Å². The number of halogens is 2. The number of nitrogens with one attached hydrogen (secondary N) is 1. The molecule has 0 spiro atoms. The van der Waals surface area contributed by atoms with Crippen LogP contribution in [-0.4, -0.2) is 10.8 Å². The van der Waals surface area contributed by atoms with Crippen molar-refractivity contribution in [3.05, 3.63) is 99.3 Å². The Bertz CT molecular complexity index is 1020. The summed E-state index contributed by atoms with van der Waals surface area (Å²) in [5.41, 5.74) is 4.89. The molecule has 0 amide bonds. The van der Waals surface area contributed by atoms with E-state index in [-0.39, 0.29) is 23.8 Å². The van der Waals surface area contributed by atoms with Gasteiger partial charge in [-0.2, -0.15) is 0 Å². The number of hydrogen-bond donors (Lipinski definition) is 2. The van der Waals surface area contributed by atoms with Gasteiger partial charge in [0.25, 0.3) is 0 Å². The minimum absolute atomic E-state index is 0.124. The third-order valence-electron chi connectivity index (χ3n) is 4.98. The zero-order chi connectivity index (χ0) is 19.7. The lowest BCUT2D eigenvalue weighted by Crippen LogP contribution is -2.33. The zero-order valence-corrected chi connectivity index (χ0v) is 16.9. The van der Waals surface area contributed by atoms with E-state index in [2.05, 4.69) is 52.4 Å². The summed E-state index contributed by atoms with van der Waals surface area (Å²) >= 11 is 3.49. The smallest absolute Gasteiger partial charge is 0.126 e. The lowest BCUT2D eigenvalue weighted by molar-refractivity contribution is 0.412. The van der Waals surface area contributed by atoms with Crippen molar-refractivity contribution in [2.24, 2.45) is 4.99 Å². The lowest BCUT2D eigenvalue weighted by atomic mass is 9.93. The van der Waals surface area contributed by atoms with Crippen molar-refractivity contribution in [1.82, 2.24) is 5.32 Å². The molecule has 4 rings (SSSR count). The van der Waals surface area contributed by atoms with Gasteiger partial charge < -0.3 is 5.11 Å². The number of aromatic hydroxyl groups is 1. The third kappa shape index (κ3) is 4.01. The summed E-state index contributed by atoms with van der Waals surface area (Å²) in [6.07, 6.45) is 0.319. The molecule has 5 heteroatoms. The van der Waals surface area contributed by atoms with E-state index < -0.39 is 0 Å². The molecule has 1 aliphatic rings. The second-order valence-corrected chi connectivity index (χ2v) is 7.94. The quantitative estimate of drug-likeness (QED) is 0.540. The van der Waals surface area contributed by atoms with Crippen LogP contribution in [0.4, 0.5) is 4.39 Å². The highest BCUT2D eigenvalue weighted by Crippen LogP contribution is 2.35. The Hall–Kier alpha value is -2.50. The fourth-order valence-electron chi connectivity index (χ4n) is 3.45. The predicted octanol–water partition coefficient (Wildman–Crippen LogP) is 5.82. The highest BCUT2D eigenvalue weighted by Gasteiger charge is 2.27. The normalized spacial score (nSPS) is 19.3. The van der Waals surface area contributed by atoms with E-state index in [4.69, 9.17) is 4.99 Å². The van der Waals surface area contributed by atoms with Gasteiger partial charge >= 0.3 is 0 Å². The fraction of sp³-hybridized carbons (Fsp3) is 0.174. The number of aryl methyl sites for hydroxylation is 1. The molecule has 3 nitrogen and oxygen atoms in total. The first-order chi connectivity index (χ1) is 13.5. The van der Waals surface area contributed by atoms with Crippen molar-refractivity contribution in [2.45, 2.75) is 25.6 Å². The van der Waals surface area contributed by atoms with Crippen LogP contribution < -0.4 is 5.32 Å². The van der Waals surface area contributed by atoms with Gasteiger partial charge in [-0.3, -0.25) is 10.3 Å². The molecule has 3 aromatic rings. The minimum Gasteiger partial charge on any atom is -0.508 e. The zero-order valence-electron chi connectivity index (χ0n) is 15.4. The Morgan fingerprint density at radius 1 is 1.04 bits per heavy atom. The van der Waals surface area contributed by atoms with E-state index in [1.165, 1.54) is 17.7 Å². The maximum atomic E-state index is 13.4. The van der Waals surface area contributed by atoms with Gasteiger partial charge in [0, 0.05) is 28.2 Å². The number of phenolic OH excluding ortho intramolecular Hbond substituents is 1. The monoisotopic (exact) mass is 438 g/mol. The van der Waals surface area contributed by atoms with Crippen LogP contribution in [0, 0.1) is 12.7 Å². The highest BCUT2D eigenvalue weighted by atomic mass is 79.9. The van der Waals surface area contributed by atoms with Crippen LogP contribution >= 0.6 is 15.9 Å². The third-order valence-corrected chi connectivity index (χ3v) is 5.47. The SMILES string of the molecule is Cc1ccc(C2=N[C@H](c3ccc(F)cc3)N[C@@H](c3cc(Br)ccc3O)C2)cc1. The number of benzene rings is 3. The molecule has 142 valence electrons. The lowest BCUT2D eigenvalue weighted by Gasteiger charge is -2.31. The Morgan fingerprint density at radius 3 is 2.46 bits per heavy atom. The molecule has 0 radical (unpaired) electrons. The van der Waals surface area contributed by atoms with Crippen LogP contribution in [-0.2, 0) is 0 Å². The molecule has 1 heterocycles. The molecule has 0 unspecified atom stereocenters. The summed E-state index contributed by atoms with van der Waals surface area (Å²) in [7, 11) is 0. The summed E-state index contributed by atoms with van der Waals surface area (Å²) in [6.45, 7) is 2.05. The Kier molecular flexibility index (Phi) is 5.29. The van der Waals surface area contributed by atoms with Crippen molar-refractivity contribution < 1.29 is 9.50 Å². The fourth-order valence-corrected chi connectivity index (χ4v) is 3.83. The van der Waals surface area contributed by atoms with Gasteiger partial charge in [0.1, 0.15) is 17.7 Å². The standard InChI is InChI=1S/C23H20BrFN2O/c1-14-2-4-15(5-3-14)20-13-21(19-12-17(24)8-11-22(19)28)27-23(26-20)16-6-9-18(25)10-7-16/h2-12,21,23,27-28H,13H2,1H3/t21-,23+/m1/s1. The largest absolute Gasteiger partial charge is 0.508 e. The van der Waals surface area contributed by atoms with Crippen molar-refractivity contribution >= 4 is 21.6 Å². The van der Waals surface area contributed by atoms with Gasteiger partial charge in [0.05, 0.1) is 0 Å². The van der Waals surface area contributed by atoms with Gasteiger partial charge in [0.15, 0.2) is 0 Å². The molecular formula is C23H20BrFN2O. The minimum atomic E-state index is -0.325. The molecule has 2 atom stereocenters. The molecule has 3 aromatic carbocycles. The molecule has 0 bridgehead atoms. The van der Waals surface area contributed by atoms with E-state index in [9.17, 15) is 9.50 Å². The Labute approximate surface area is 172 Å². The van der Waals surface area contributed by atoms with Crippen LogP contribution in [0.1, 0.15) is 40.9 Å². The van der Waals surface area contributed by atoms with Crippen LogP contribution in [0.2, 0.25) is 0 Å². The van der Waals surface area contributed by atoms with E-state index in [0.717, 1.165) is 26.9 Å². The van der Waals surface area contributed by atoms with Crippen LogP contribution in [0.3, 0.4) is 0 Å². The van der Waals surface area contributed by atoms with Crippen LogP contribution in [0.25, 0.3) is 0 Å². The van der Waals surface area contributed by atoms with Crippen LogP contribution in [0.5, 0.6) is 5.75 Å². The summed E-state index contributed by atoms with van der Waals surface area (Å²) < 4.78 is 14.3. The van der Waals surface area contributed by atoms with Gasteiger partial charge in [-0.05, 0) is 48.4 Å². The first-order valence-corrected chi connectivity index (χ1v) is 9.92. The number of rotatable bonds is 3. The van der Waals surface area contributed by atoms with Crippen molar-refractivity contribution in [1.29, 1.82) is 0 Å². The summed E-state index contributed by atoms with van der Waals surface area (Å²) in [4.78, 5) is 4.90. The molecule has 28 heavy (non-hydrogen) atoms. The average molecular weight is 439 g/mol. The maximum Gasteiger partial charge on any atom is 0.126 e. The van der Waals surface area contributed by atoms with E-state index in [1.807, 2.05) is 12.1 Å². The topological polar surface area (TPSA) is 44.6 Å². The summed E-state index contributed by atoms with van der Waals surface area (Å²) in [5, 5.41) is 13.9. The first kappa shape index (κ1) is 18.8. The number of aliphatic imine (C=N–C) groups is 1. The maximum absolute atomic E-state index is 13.4. The molecular weight excluding hydrogens is 419 g/mol. The first-order valence-electron chi connectivity index (χ1n) is 9.13. The molecule has 0 saturated carbocycles. The Balaban J connectivity index is 1.76. The van der Waals surface area contributed by atoms with Crippen molar-refractivity contribution in [3.63, 3.8) is 0 Å². The second kappa shape index (κ2) is 7.86. The Morgan fingerprint density at radius 2 is 1.75 bits per heavy atom. The van der Waals surface area contributed by atoms with Gasteiger partial charge in [-0.25, -0.2) is 4.39 Å². The number of phenols is 1.